The second-order valence-electron chi connectivity index (χ2n) is 6.40. The molecule has 0 aliphatic carbocycles. The largest absolute Gasteiger partial charge is 0.391 e. The number of nitrogens with zero attached hydrogens (tertiary/aromatic N) is 2. The van der Waals surface area contributed by atoms with E-state index in [1.807, 2.05) is 6.07 Å². The average Bonchev–Trinajstić information content (AvgIpc) is 3.29. The summed E-state index contributed by atoms with van der Waals surface area (Å²) in [6.07, 6.45) is 2.53. The lowest BCUT2D eigenvalue weighted by Gasteiger charge is -2.35. The van der Waals surface area contributed by atoms with Crippen LogP contribution in [0.1, 0.15) is 27.7 Å². The van der Waals surface area contributed by atoms with Crippen LogP contribution < -0.4 is 0 Å². The van der Waals surface area contributed by atoms with Gasteiger partial charge >= 0.3 is 0 Å². The molecule has 0 bridgehead atoms. The van der Waals surface area contributed by atoms with Crippen molar-refractivity contribution in [3.63, 3.8) is 0 Å². The third-order valence-electron chi connectivity index (χ3n) is 4.71. The summed E-state index contributed by atoms with van der Waals surface area (Å²) in [5.74, 6) is 0.296. The number of hydrogen-bond acceptors (Lipinski definition) is 5. The molecule has 1 saturated heterocycles. The molecule has 4 heterocycles. The first kappa shape index (κ1) is 16.0. The smallest absolute Gasteiger partial charge is 0.0749 e. The van der Waals surface area contributed by atoms with Crippen LogP contribution in [0.3, 0.4) is 0 Å². The van der Waals surface area contributed by atoms with Crippen molar-refractivity contribution in [2.24, 2.45) is 0 Å². The van der Waals surface area contributed by atoms with E-state index in [0.717, 1.165) is 31.7 Å². The van der Waals surface area contributed by atoms with Gasteiger partial charge in [0.05, 0.1) is 16.7 Å². The predicted molar refractivity (Wildman–Crippen MR) is 99.6 cm³/mol. The van der Waals surface area contributed by atoms with E-state index in [1.165, 1.54) is 20.2 Å². The Bertz CT molecular complexity index is 793. The van der Waals surface area contributed by atoms with Crippen LogP contribution in [0.5, 0.6) is 0 Å². The van der Waals surface area contributed by atoms with Crippen molar-refractivity contribution in [3.05, 3.63) is 51.2 Å². The molecule has 4 rings (SSSR count). The summed E-state index contributed by atoms with van der Waals surface area (Å²) >= 11 is 3.57. The Morgan fingerprint density at radius 1 is 1.33 bits per heavy atom. The highest BCUT2D eigenvalue weighted by Crippen LogP contribution is 2.35. The number of H-pyrrole nitrogens is 1. The zero-order chi connectivity index (χ0) is 16.5. The van der Waals surface area contributed by atoms with Gasteiger partial charge in [-0.15, -0.1) is 22.7 Å². The summed E-state index contributed by atoms with van der Waals surface area (Å²) < 4.78 is 0. The van der Waals surface area contributed by atoms with E-state index in [1.54, 1.807) is 28.9 Å². The van der Waals surface area contributed by atoms with Gasteiger partial charge in [-0.25, -0.2) is 0 Å². The minimum absolute atomic E-state index is 0.275. The highest BCUT2D eigenvalue weighted by Gasteiger charge is 2.30. The lowest BCUT2D eigenvalue weighted by atomic mass is 9.90. The Kier molecular flexibility index (Phi) is 4.54. The van der Waals surface area contributed by atoms with Crippen molar-refractivity contribution in [3.8, 4) is 10.6 Å². The molecule has 0 unspecified atom stereocenters. The molecule has 3 aromatic heterocycles. The number of likely N-dealkylation sites (tertiary alicyclic amines) is 1. The van der Waals surface area contributed by atoms with E-state index in [2.05, 4.69) is 45.6 Å². The Labute approximate surface area is 149 Å². The molecule has 0 aromatic carbocycles. The van der Waals surface area contributed by atoms with Gasteiger partial charge in [-0.05, 0) is 55.1 Å². The van der Waals surface area contributed by atoms with Gasteiger partial charge in [-0.1, -0.05) is 0 Å². The van der Waals surface area contributed by atoms with Crippen LogP contribution in [0.25, 0.3) is 10.6 Å². The number of aliphatic hydroxyl groups is 1. The van der Waals surface area contributed by atoms with E-state index >= 15 is 0 Å². The number of aromatic amines is 1. The fourth-order valence-electron chi connectivity index (χ4n) is 3.43. The Hall–Kier alpha value is -1.47. The molecule has 24 heavy (non-hydrogen) atoms. The van der Waals surface area contributed by atoms with Gasteiger partial charge < -0.3 is 5.11 Å². The molecule has 0 amide bonds. The molecular formula is C18H21N3OS2. The molecule has 0 saturated carbocycles. The number of piperidine rings is 1. The second-order valence-corrected chi connectivity index (χ2v) is 8.52. The molecule has 2 atom stereocenters. The van der Waals surface area contributed by atoms with Gasteiger partial charge in [-0.2, -0.15) is 5.10 Å². The number of hydrogen-bond donors (Lipinski definition) is 2. The van der Waals surface area contributed by atoms with Gasteiger partial charge in [0.25, 0.3) is 0 Å². The molecule has 1 aliphatic heterocycles. The average molecular weight is 360 g/mol. The van der Waals surface area contributed by atoms with Gasteiger partial charge in [0.1, 0.15) is 0 Å². The van der Waals surface area contributed by atoms with Crippen LogP contribution >= 0.6 is 22.7 Å². The van der Waals surface area contributed by atoms with E-state index in [9.17, 15) is 5.11 Å². The highest BCUT2D eigenvalue weighted by molar-refractivity contribution is 7.15. The van der Waals surface area contributed by atoms with E-state index in [0.29, 0.717) is 5.92 Å². The maximum Gasteiger partial charge on any atom is 0.0749 e. The SMILES string of the molecule is Cc1ccsc1[C@@H]1CCN(Cc2ccc(-c3ccn[nH]3)s2)C[C@H]1O. The quantitative estimate of drug-likeness (QED) is 0.744. The maximum atomic E-state index is 10.6. The van der Waals surface area contributed by atoms with E-state index in [4.69, 9.17) is 0 Å². The summed E-state index contributed by atoms with van der Waals surface area (Å²) in [4.78, 5) is 6.27. The van der Waals surface area contributed by atoms with Crippen molar-refractivity contribution >= 4 is 22.7 Å². The second kappa shape index (κ2) is 6.80. The van der Waals surface area contributed by atoms with Crippen LogP contribution in [-0.4, -0.2) is 39.4 Å². The van der Waals surface area contributed by atoms with Gasteiger partial charge in [0, 0.05) is 35.0 Å². The van der Waals surface area contributed by atoms with Crippen molar-refractivity contribution in [2.45, 2.75) is 31.9 Å². The third kappa shape index (κ3) is 3.19. The van der Waals surface area contributed by atoms with E-state index in [-0.39, 0.29) is 6.10 Å². The first-order valence-electron chi connectivity index (χ1n) is 8.23. The summed E-state index contributed by atoms with van der Waals surface area (Å²) in [5.41, 5.74) is 2.39. The molecule has 0 radical (unpaired) electrons. The minimum Gasteiger partial charge on any atom is -0.391 e. The molecule has 126 valence electrons. The number of rotatable bonds is 4. The molecule has 0 spiro atoms. The Morgan fingerprint density at radius 2 is 2.25 bits per heavy atom. The predicted octanol–water partition coefficient (Wildman–Crippen LogP) is 3.86. The lowest BCUT2D eigenvalue weighted by Crippen LogP contribution is -2.42. The minimum atomic E-state index is -0.275. The first-order chi connectivity index (χ1) is 11.7. The molecule has 1 fully saturated rings. The van der Waals surface area contributed by atoms with Crippen molar-refractivity contribution in [1.82, 2.24) is 15.1 Å². The van der Waals surface area contributed by atoms with Crippen molar-refractivity contribution in [2.75, 3.05) is 13.1 Å². The molecule has 4 nitrogen and oxygen atoms in total. The Balaban J connectivity index is 1.40. The number of β-amino-alcohol motifs (C(OH)–C–C–N with tert-alkyl or cyclic N) is 1. The van der Waals surface area contributed by atoms with Crippen LogP contribution in [-0.2, 0) is 6.54 Å². The van der Waals surface area contributed by atoms with E-state index < -0.39 is 0 Å². The molecule has 3 aromatic rings. The number of thiophene rings is 2. The Morgan fingerprint density at radius 3 is 2.96 bits per heavy atom. The fraction of sp³-hybridized carbons (Fsp3) is 0.389. The highest BCUT2D eigenvalue weighted by atomic mass is 32.1. The number of aryl methyl sites for hydroxylation is 1. The summed E-state index contributed by atoms with van der Waals surface area (Å²) in [7, 11) is 0. The van der Waals surface area contributed by atoms with Crippen LogP contribution in [0.15, 0.2) is 35.8 Å². The van der Waals surface area contributed by atoms with Gasteiger partial charge in [0.2, 0.25) is 0 Å². The number of nitrogens with one attached hydrogen (secondary N) is 1. The number of aliphatic hydroxyl groups excluding tert-OH is 1. The van der Waals surface area contributed by atoms with Crippen LogP contribution in [0, 0.1) is 6.92 Å². The molecular weight excluding hydrogens is 338 g/mol. The van der Waals surface area contributed by atoms with Crippen LogP contribution in [0.2, 0.25) is 0 Å². The number of aromatic nitrogens is 2. The van der Waals surface area contributed by atoms with Gasteiger partial charge in [0.15, 0.2) is 0 Å². The summed E-state index contributed by atoms with van der Waals surface area (Å²) in [5, 5.41) is 19.8. The standard InChI is InChI=1S/C18H21N3OS2/c1-12-6-9-23-18(12)14-5-8-21(11-16(14)22)10-13-2-3-17(24-13)15-4-7-19-20-15/h2-4,6-7,9,14,16,22H,5,8,10-11H2,1H3,(H,19,20)/t14-,16-/m1/s1. The topological polar surface area (TPSA) is 52.2 Å². The lowest BCUT2D eigenvalue weighted by molar-refractivity contribution is 0.0490. The zero-order valence-electron chi connectivity index (χ0n) is 13.6. The first-order valence-corrected chi connectivity index (χ1v) is 9.93. The zero-order valence-corrected chi connectivity index (χ0v) is 15.2. The third-order valence-corrected chi connectivity index (χ3v) is 6.97. The van der Waals surface area contributed by atoms with Gasteiger partial charge in [-0.3, -0.25) is 10.00 Å². The summed E-state index contributed by atoms with van der Waals surface area (Å²) in [6.45, 7) is 4.84. The maximum absolute atomic E-state index is 10.6. The molecule has 2 N–H and O–H groups in total. The van der Waals surface area contributed by atoms with Crippen molar-refractivity contribution in [1.29, 1.82) is 0 Å². The molecule has 1 aliphatic rings. The fourth-order valence-corrected chi connectivity index (χ4v) is 5.58. The monoisotopic (exact) mass is 359 g/mol. The van der Waals surface area contributed by atoms with Crippen LogP contribution in [0.4, 0.5) is 0 Å². The normalized spacial score (nSPS) is 22.1. The summed E-state index contributed by atoms with van der Waals surface area (Å²) in [6, 6.07) is 8.48. The molecule has 6 heteroatoms. The van der Waals surface area contributed by atoms with Crippen molar-refractivity contribution < 1.29 is 5.11 Å².